The standard InChI is InChI=1S/C14H12N2S/c15-13(10-6-2-1-3-7-10)14-16-11-8-4-5-9-12(11)17-14/h1-9,13H,15H2. The first-order valence-electron chi connectivity index (χ1n) is 5.50. The van der Waals surface area contributed by atoms with Gasteiger partial charge in [0.15, 0.2) is 0 Å². The molecule has 1 heterocycles. The van der Waals surface area contributed by atoms with Crippen molar-refractivity contribution < 1.29 is 0 Å². The van der Waals surface area contributed by atoms with E-state index in [1.54, 1.807) is 11.3 Å². The van der Waals surface area contributed by atoms with E-state index in [0.717, 1.165) is 16.1 Å². The number of aromatic nitrogens is 1. The molecule has 0 aliphatic heterocycles. The van der Waals surface area contributed by atoms with Crippen LogP contribution in [0.1, 0.15) is 16.6 Å². The van der Waals surface area contributed by atoms with Crippen molar-refractivity contribution in [1.29, 1.82) is 0 Å². The molecular weight excluding hydrogens is 228 g/mol. The van der Waals surface area contributed by atoms with Crippen LogP contribution in [-0.2, 0) is 0 Å². The highest BCUT2D eigenvalue weighted by Gasteiger charge is 2.13. The van der Waals surface area contributed by atoms with E-state index in [0.29, 0.717) is 0 Å². The predicted octanol–water partition coefficient (Wildman–Crippen LogP) is 3.34. The summed E-state index contributed by atoms with van der Waals surface area (Å²) in [6, 6.07) is 18.1. The number of para-hydroxylation sites is 1. The summed E-state index contributed by atoms with van der Waals surface area (Å²) in [6.45, 7) is 0. The Morgan fingerprint density at radius 2 is 1.65 bits per heavy atom. The average Bonchev–Trinajstić information content (AvgIpc) is 2.82. The van der Waals surface area contributed by atoms with Crippen LogP contribution in [0.4, 0.5) is 0 Å². The Morgan fingerprint density at radius 3 is 2.41 bits per heavy atom. The number of fused-ring (bicyclic) bond motifs is 1. The molecule has 17 heavy (non-hydrogen) atoms. The molecule has 1 aromatic heterocycles. The summed E-state index contributed by atoms with van der Waals surface area (Å²) in [7, 11) is 0. The summed E-state index contributed by atoms with van der Waals surface area (Å²) < 4.78 is 1.19. The third kappa shape index (κ3) is 1.95. The number of benzene rings is 2. The molecule has 0 radical (unpaired) electrons. The van der Waals surface area contributed by atoms with Gasteiger partial charge >= 0.3 is 0 Å². The van der Waals surface area contributed by atoms with Crippen LogP contribution in [0, 0.1) is 0 Å². The molecule has 0 bridgehead atoms. The lowest BCUT2D eigenvalue weighted by molar-refractivity contribution is 0.862. The monoisotopic (exact) mass is 240 g/mol. The summed E-state index contributed by atoms with van der Waals surface area (Å²) in [5.41, 5.74) is 8.36. The van der Waals surface area contributed by atoms with Gasteiger partial charge in [-0.3, -0.25) is 0 Å². The lowest BCUT2D eigenvalue weighted by Gasteiger charge is -2.07. The van der Waals surface area contributed by atoms with Crippen LogP contribution in [0.25, 0.3) is 10.2 Å². The maximum atomic E-state index is 6.23. The molecule has 0 spiro atoms. The normalized spacial score (nSPS) is 12.8. The van der Waals surface area contributed by atoms with Crippen LogP contribution in [0.15, 0.2) is 54.6 Å². The Morgan fingerprint density at radius 1 is 0.941 bits per heavy atom. The molecule has 3 heteroatoms. The van der Waals surface area contributed by atoms with Crippen LogP contribution >= 0.6 is 11.3 Å². The van der Waals surface area contributed by atoms with Crippen molar-refractivity contribution in [3.8, 4) is 0 Å². The lowest BCUT2D eigenvalue weighted by atomic mass is 10.1. The molecule has 1 unspecified atom stereocenters. The van der Waals surface area contributed by atoms with Crippen molar-refractivity contribution in [1.82, 2.24) is 4.98 Å². The summed E-state index contributed by atoms with van der Waals surface area (Å²) in [4.78, 5) is 4.58. The topological polar surface area (TPSA) is 38.9 Å². The molecule has 0 saturated heterocycles. The van der Waals surface area contributed by atoms with Gasteiger partial charge in [-0.1, -0.05) is 42.5 Å². The van der Waals surface area contributed by atoms with Gasteiger partial charge in [0, 0.05) is 0 Å². The summed E-state index contributed by atoms with van der Waals surface area (Å²) >= 11 is 1.66. The first-order valence-corrected chi connectivity index (χ1v) is 6.32. The SMILES string of the molecule is NC(c1ccccc1)c1nc2ccccc2s1. The van der Waals surface area contributed by atoms with Crippen molar-refractivity contribution >= 4 is 21.6 Å². The zero-order chi connectivity index (χ0) is 11.7. The second-order valence-electron chi connectivity index (χ2n) is 3.91. The number of thiazole rings is 1. The zero-order valence-electron chi connectivity index (χ0n) is 9.21. The first-order chi connectivity index (χ1) is 8.34. The molecule has 0 aliphatic rings. The van der Waals surface area contributed by atoms with Crippen LogP contribution < -0.4 is 5.73 Å². The van der Waals surface area contributed by atoms with Gasteiger partial charge in [-0.15, -0.1) is 11.3 Å². The summed E-state index contributed by atoms with van der Waals surface area (Å²) in [5, 5.41) is 0.970. The van der Waals surface area contributed by atoms with E-state index in [9.17, 15) is 0 Å². The van der Waals surface area contributed by atoms with Crippen molar-refractivity contribution in [2.24, 2.45) is 5.73 Å². The maximum absolute atomic E-state index is 6.23. The quantitative estimate of drug-likeness (QED) is 0.746. The van der Waals surface area contributed by atoms with Gasteiger partial charge in [-0.25, -0.2) is 4.98 Å². The molecule has 2 N–H and O–H groups in total. The van der Waals surface area contributed by atoms with Crippen molar-refractivity contribution in [2.75, 3.05) is 0 Å². The molecule has 84 valence electrons. The molecule has 0 saturated carbocycles. The number of hydrogen-bond donors (Lipinski definition) is 1. The molecule has 3 rings (SSSR count). The molecule has 0 amide bonds. The largest absolute Gasteiger partial charge is 0.318 e. The maximum Gasteiger partial charge on any atom is 0.115 e. The van der Waals surface area contributed by atoms with E-state index in [2.05, 4.69) is 11.1 Å². The fourth-order valence-corrected chi connectivity index (χ4v) is 2.82. The van der Waals surface area contributed by atoms with Crippen molar-refractivity contribution in [3.63, 3.8) is 0 Å². The summed E-state index contributed by atoms with van der Waals surface area (Å²) in [5.74, 6) is 0. The number of nitrogens with zero attached hydrogens (tertiary/aromatic N) is 1. The van der Waals surface area contributed by atoms with E-state index < -0.39 is 0 Å². The molecule has 2 aromatic carbocycles. The second kappa shape index (κ2) is 4.28. The van der Waals surface area contributed by atoms with E-state index in [-0.39, 0.29) is 6.04 Å². The predicted molar refractivity (Wildman–Crippen MR) is 72.1 cm³/mol. The van der Waals surface area contributed by atoms with Gasteiger partial charge in [-0.2, -0.15) is 0 Å². The molecule has 0 aliphatic carbocycles. The highest BCUT2D eigenvalue weighted by atomic mass is 32.1. The minimum absolute atomic E-state index is 0.131. The molecule has 2 nitrogen and oxygen atoms in total. The fraction of sp³-hybridized carbons (Fsp3) is 0.0714. The molecule has 3 aromatic rings. The van der Waals surface area contributed by atoms with Crippen LogP contribution in [0.5, 0.6) is 0 Å². The highest BCUT2D eigenvalue weighted by molar-refractivity contribution is 7.18. The second-order valence-corrected chi connectivity index (χ2v) is 4.97. The first kappa shape index (κ1) is 10.4. The minimum atomic E-state index is -0.131. The van der Waals surface area contributed by atoms with Gasteiger partial charge in [0.1, 0.15) is 5.01 Å². The van der Waals surface area contributed by atoms with Crippen LogP contribution in [-0.4, -0.2) is 4.98 Å². The van der Waals surface area contributed by atoms with Crippen molar-refractivity contribution in [2.45, 2.75) is 6.04 Å². The fourth-order valence-electron chi connectivity index (χ4n) is 1.83. The van der Waals surface area contributed by atoms with Gasteiger partial charge in [0.05, 0.1) is 16.3 Å². The summed E-state index contributed by atoms with van der Waals surface area (Å²) in [6.07, 6.45) is 0. The third-order valence-corrected chi connectivity index (χ3v) is 3.85. The zero-order valence-corrected chi connectivity index (χ0v) is 10.0. The third-order valence-electron chi connectivity index (χ3n) is 2.74. The van der Waals surface area contributed by atoms with Crippen LogP contribution in [0.3, 0.4) is 0 Å². The number of hydrogen-bond acceptors (Lipinski definition) is 3. The lowest BCUT2D eigenvalue weighted by Crippen LogP contribution is -2.10. The average molecular weight is 240 g/mol. The van der Waals surface area contributed by atoms with E-state index >= 15 is 0 Å². The molecule has 0 fully saturated rings. The van der Waals surface area contributed by atoms with Crippen molar-refractivity contribution in [3.05, 3.63) is 65.2 Å². The Bertz CT molecular complexity index is 598. The Kier molecular flexibility index (Phi) is 2.63. The Labute approximate surface area is 104 Å². The number of rotatable bonds is 2. The Balaban J connectivity index is 2.04. The number of nitrogens with two attached hydrogens (primary N) is 1. The van der Waals surface area contributed by atoms with Gasteiger partial charge in [0.2, 0.25) is 0 Å². The van der Waals surface area contributed by atoms with Crippen LogP contribution in [0.2, 0.25) is 0 Å². The minimum Gasteiger partial charge on any atom is -0.318 e. The molecular formula is C14H12N2S. The van der Waals surface area contributed by atoms with Gasteiger partial charge < -0.3 is 5.73 Å². The smallest absolute Gasteiger partial charge is 0.115 e. The molecule has 1 atom stereocenters. The van der Waals surface area contributed by atoms with E-state index in [4.69, 9.17) is 5.73 Å². The van der Waals surface area contributed by atoms with E-state index in [1.807, 2.05) is 48.5 Å². The highest BCUT2D eigenvalue weighted by Crippen LogP contribution is 2.28. The Hall–Kier alpha value is -1.71. The van der Waals surface area contributed by atoms with Gasteiger partial charge in [-0.05, 0) is 17.7 Å². The van der Waals surface area contributed by atoms with E-state index in [1.165, 1.54) is 4.70 Å². The van der Waals surface area contributed by atoms with Gasteiger partial charge in [0.25, 0.3) is 0 Å².